The zero-order chi connectivity index (χ0) is 15.8. The van der Waals surface area contributed by atoms with Crippen molar-refractivity contribution in [2.75, 3.05) is 32.9 Å². The summed E-state index contributed by atoms with van der Waals surface area (Å²) in [7, 11) is -1.36. The Morgan fingerprint density at radius 1 is 1.30 bits per heavy atom. The van der Waals surface area contributed by atoms with Gasteiger partial charge in [0.1, 0.15) is 0 Å². The van der Waals surface area contributed by atoms with E-state index in [-0.39, 0.29) is 0 Å². The number of sulfonamides is 1. The second-order valence-corrected chi connectivity index (χ2v) is 7.27. The molecule has 0 aliphatic heterocycles. The highest BCUT2D eigenvalue weighted by Gasteiger charge is 2.13. The molecule has 1 unspecified atom stereocenters. The first kappa shape index (κ1) is 19.2. The SMILES string of the molecule is CCN(CCCNC(=NC)NC(C)C(C)C)S(C)(=O)=O. The van der Waals surface area contributed by atoms with E-state index in [1.807, 2.05) is 6.92 Å². The molecule has 0 aliphatic carbocycles. The molecule has 0 rings (SSSR count). The first-order valence-electron chi connectivity index (χ1n) is 7.14. The summed E-state index contributed by atoms with van der Waals surface area (Å²) in [5, 5.41) is 6.51. The molecule has 20 heavy (non-hydrogen) atoms. The van der Waals surface area contributed by atoms with Crippen LogP contribution in [0.5, 0.6) is 0 Å². The quantitative estimate of drug-likeness (QED) is 0.396. The van der Waals surface area contributed by atoms with Crippen molar-refractivity contribution in [1.82, 2.24) is 14.9 Å². The second kappa shape index (κ2) is 9.18. The fraction of sp³-hybridized carbons (Fsp3) is 0.923. The van der Waals surface area contributed by atoms with E-state index in [0.717, 1.165) is 12.4 Å². The van der Waals surface area contributed by atoms with Gasteiger partial charge in [0, 0.05) is 32.7 Å². The standard InChI is InChI=1S/C13H30N4O2S/c1-7-17(20(6,18)19)10-8-9-15-13(14-5)16-12(4)11(2)3/h11-12H,7-10H2,1-6H3,(H2,14,15,16). The minimum absolute atomic E-state index is 0.337. The summed E-state index contributed by atoms with van der Waals surface area (Å²) in [6.45, 7) is 9.98. The number of guanidine groups is 1. The van der Waals surface area contributed by atoms with Gasteiger partial charge in [-0.2, -0.15) is 0 Å². The maximum atomic E-state index is 11.4. The van der Waals surface area contributed by atoms with E-state index in [9.17, 15) is 8.42 Å². The second-order valence-electron chi connectivity index (χ2n) is 5.28. The van der Waals surface area contributed by atoms with Crippen molar-refractivity contribution in [2.45, 2.75) is 40.2 Å². The molecule has 0 saturated heterocycles. The van der Waals surface area contributed by atoms with Crippen molar-refractivity contribution < 1.29 is 8.42 Å². The predicted molar refractivity (Wildman–Crippen MR) is 85.5 cm³/mol. The van der Waals surface area contributed by atoms with Crippen molar-refractivity contribution in [3.8, 4) is 0 Å². The minimum Gasteiger partial charge on any atom is -0.356 e. The van der Waals surface area contributed by atoms with Crippen molar-refractivity contribution >= 4 is 16.0 Å². The molecule has 0 amide bonds. The molecule has 1 atom stereocenters. The van der Waals surface area contributed by atoms with Gasteiger partial charge in [0.15, 0.2) is 5.96 Å². The Morgan fingerprint density at radius 2 is 1.90 bits per heavy atom. The summed E-state index contributed by atoms with van der Waals surface area (Å²) in [4.78, 5) is 4.16. The Morgan fingerprint density at radius 3 is 2.30 bits per heavy atom. The van der Waals surface area contributed by atoms with Crippen LogP contribution in [0, 0.1) is 5.92 Å². The van der Waals surface area contributed by atoms with Crippen LogP contribution >= 0.6 is 0 Å². The molecule has 0 radical (unpaired) electrons. The van der Waals surface area contributed by atoms with Crippen molar-refractivity contribution in [1.29, 1.82) is 0 Å². The van der Waals surface area contributed by atoms with Crippen LogP contribution in [-0.4, -0.2) is 57.7 Å². The number of nitrogens with one attached hydrogen (secondary N) is 2. The van der Waals surface area contributed by atoms with Gasteiger partial charge in [0.2, 0.25) is 10.0 Å². The summed E-state index contributed by atoms with van der Waals surface area (Å²) in [5.41, 5.74) is 0. The monoisotopic (exact) mass is 306 g/mol. The number of nitrogens with zero attached hydrogens (tertiary/aromatic N) is 2. The summed E-state index contributed by atoms with van der Waals surface area (Å²) in [6.07, 6.45) is 1.99. The number of aliphatic imine (C=N–C) groups is 1. The van der Waals surface area contributed by atoms with Gasteiger partial charge < -0.3 is 10.6 Å². The van der Waals surface area contributed by atoms with Gasteiger partial charge in [0.05, 0.1) is 6.26 Å². The lowest BCUT2D eigenvalue weighted by atomic mass is 10.1. The molecule has 0 bridgehead atoms. The Bertz CT molecular complexity index is 393. The van der Waals surface area contributed by atoms with E-state index in [4.69, 9.17) is 0 Å². The molecule has 0 heterocycles. The van der Waals surface area contributed by atoms with Gasteiger partial charge in [-0.1, -0.05) is 20.8 Å². The van der Waals surface area contributed by atoms with Gasteiger partial charge in [-0.25, -0.2) is 12.7 Å². The lowest BCUT2D eigenvalue weighted by Gasteiger charge is -2.21. The number of rotatable bonds is 8. The lowest BCUT2D eigenvalue weighted by molar-refractivity contribution is 0.423. The summed E-state index contributed by atoms with van der Waals surface area (Å²) in [5.74, 6) is 1.28. The Labute approximate surface area is 124 Å². The smallest absolute Gasteiger partial charge is 0.211 e. The molecule has 0 fully saturated rings. The minimum atomic E-state index is -3.09. The van der Waals surface area contributed by atoms with Crippen LogP contribution < -0.4 is 10.6 Å². The molecular weight excluding hydrogens is 276 g/mol. The Balaban J connectivity index is 4.10. The zero-order valence-corrected chi connectivity index (χ0v) is 14.4. The fourth-order valence-corrected chi connectivity index (χ4v) is 2.53. The van der Waals surface area contributed by atoms with E-state index in [1.165, 1.54) is 10.6 Å². The van der Waals surface area contributed by atoms with Crippen LogP contribution in [0.15, 0.2) is 4.99 Å². The Hall–Kier alpha value is -0.820. The van der Waals surface area contributed by atoms with Crippen LogP contribution in [0.3, 0.4) is 0 Å². The molecule has 0 saturated carbocycles. The van der Waals surface area contributed by atoms with Gasteiger partial charge in [-0.15, -0.1) is 0 Å². The van der Waals surface area contributed by atoms with Gasteiger partial charge in [-0.05, 0) is 19.3 Å². The molecular formula is C13H30N4O2S. The van der Waals surface area contributed by atoms with Crippen molar-refractivity contribution in [2.24, 2.45) is 10.9 Å². The largest absolute Gasteiger partial charge is 0.356 e. The third kappa shape index (κ3) is 7.69. The molecule has 0 aromatic carbocycles. The van der Waals surface area contributed by atoms with Gasteiger partial charge in [0.25, 0.3) is 0 Å². The maximum Gasteiger partial charge on any atom is 0.211 e. The molecule has 2 N–H and O–H groups in total. The van der Waals surface area contributed by atoms with Gasteiger partial charge >= 0.3 is 0 Å². The van der Waals surface area contributed by atoms with E-state index < -0.39 is 10.0 Å². The average Bonchev–Trinajstić information content (AvgIpc) is 2.35. The molecule has 6 nitrogen and oxygen atoms in total. The molecule has 0 aliphatic rings. The molecule has 0 spiro atoms. The van der Waals surface area contributed by atoms with Crippen LogP contribution in [0.25, 0.3) is 0 Å². The topological polar surface area (TPSA) is 73.8 Å². The highest BCUT2D eigenvalue weighted by Crippen LogP contribution is 2.00. The number of hydrogen-bond acceptors (Lipinski definition) is 3. The average molecular weight is 306 g/mol. The fourth-order valence-electron chi connectivity index (χ4n) is 1.60. The normalized spacial score (nSPS) is 14.7. The van der Waals surface area contributed by atoms with Crippen LogP contribution in [0.4, 0.5) is 0 Å². The van der Waals surface area contributed by atoms with Gasteiger partial charge in [-0.3, -0.25) is 4.99 Å². The van der Waals surface area contributed by atoms with Crippen LogP contribution in [0.1, 0.15) is 34.1 Å². The van der Waals surface area contributed by atoms with E-state index in [1.54, 1.807) is 7.05 Å². The summed E-state index contributed by atoms with van der Waals surface area (Å²) < 4.78 is 24.3. The van der Waals surface area contributed by atoms with Crippen LogP contribution in [-0.2, 0) is 10.0 Å². The third-order valence-corrected chi connectivity index (χ3v) is 4.67. The number of hydrogen-bond donors (Lipinski definition) is 2. The maximum absolute atomic E-state index is 11.4. The first-order chi connectivity index (χ1) is 9.22. The van der Waals surface area contributed by atoms with Crippen LogP contribution in [0.2, 0.25) is 0 Å². The highest BCUT2D eigenvalue weighted by molar-refractivity contribution is 7.88. The lowest BCUT2D eigenvalue weighted by Crippen LogP contribution is -2.45. The molecule has 0 aromatic heterocycles. The molecule has 0 aromatic rings. The van der Waals surface area contributed by atoms with E-state index >= 15 is 0 Å². The molecule has 120 valence electrons. The van der Waals surface area contributed by atoms with Crippen molar-refractivity contribution in [3.63, 3.8) is 0 Å². The predicted octanol–water partition coefficient (Wildman–Crippen LogP) is 0.868. The molecule has 7 heteroatoms. The summed E-state index contributed by atoms with van der Waals surface area (Å²) in [6, 6.07) is 0.337. The van der Waals surface area contributed by atoms with E-state index in [2.05, 4.69) is 36.4 Å². The third-order valence-electron chi connectivity index (χ3n) is 3.29. The first-order valence-corrected chi connectivity index (χ1v) is 8.99. The van der Waals surface area contributed by atoms with E-state index in [0.29, 0.717) is 31.6 Å². The Kier molecular flexibility index (Phi) is 8.80. The zero-order valence-electron chi connectivity index (χ0n) is 13.6. The van der Waals surface area contributed by atoms with Crippen molar-refractivity contribution in [3.05, 3.63) is 0 Å². The highest BCUT2D eigenvalue weighted by atomic mass is 32.2. The summed E-state index contributed by atoms with van der Waals surface area (Å²) >= 11 is 0.